The summed E-state index contributed by atoms with van der Waals surface area (Å²) in [6.07, 6.45) is 1.45. The highest BCUT2D eigenvalue weighted by molar-refractivity contribution is 5.80. The van der Waals surface area contributed by atoms with Gasteiger partial charge in [-0.25, -0.2) is 0 Å². The van der Waals surface area contributed by atoms with E-state index in [4.69, 9.17) is 0 Å². The Morgan fingerprint density at radius 2 is 2.00 bits per heavy atom. The molecule has 0 unspecified atom stereocenters. The lowest BCUT2D eigenvalue weighted by molar-refractivity contribution is -0.121. The van der Waals surface area contributed by atoms with E-state index in [9.17, 15) is 4.79 Å². The molecule has 0 aromatic carbocycles. The number of aromatic nitrogens is 2. The minimum absolute atomic E-state index is 0.141. The maximum atomic E-state index is 11.5. The number of rotatable bonds is 4. The van der Waals surface area contributed by atoms with Crippen molar-refractivity contribution in [1.82, 2.24) is 9.78 Å². The van der Waals surface area contributed by atoms with Crippen molar-refractivity contribution in [2.24, 2.45) is 13.0 Å². The maximum Gasteiger partial charge on any atom is 0.135 e. The van der Waals surface area contributed by atoms with Gasteiger partial charge in [0.05, 0.1) is 5.69 Å². The molecule has 0 saturated carbocycles. The molecule has 0 aliphatic carbocycles. The molecule has 1 rings (SSSR count). The number of ketones is 1. The Labute approximate surface area is 91.5 Å². The van der Waals surface area contributed by atoms with E-state index in [0.29, 0.717) is 12.2 Å². The third kappa shape index (κ3) is 2.67. The smallest absolute Gasteiger partial charge is 0.135 e. The Morgan fingerprint density at radius 3 is 2.40 bits per heavy atom. The fourth-order valence-corrected chi connectivity index (χ4v) is 1.72. The number of carbonyl (C=O) groups excluding carboxylic acids is 1. The molecule has 1 heterocycles. The predicted molar refractivity (Wildman–Crippen MR) is 60.8 cm³/mol. The fraction of sp³-hybridized carbons (Fsp3) is 0.667. The molecular formula is C12H20N2O. The van der Waals surface area contributed by atoms with Gasteiger partial charge in [0.2, 0.25) is 0 Å². The summed E-state index contributed by atoms with van der Waals surface area (Å²) in [6, 6.07) is 0. The zero-order valence-electron chi connectivity index (χ0n) is 10.3. The second-order valence-corrected chi connectivity index (χ2v) is 4.39. The standard InChI is InChI=1S/C12H20N2O/c1-8(2)12(15)7-6-11-9(3)13-14(5)10(11)4/h8H,6-7H2,1-5H3. The lowest BCUT2D eigenvalue weighted by atomic mass is 10.0. The van der Waals surface area contributed by atoms with Gasteiger partial charge in [0.25, 0.3) is 0 Å². The highest BCUT2D eigenvalue weighted by atomic mass is 16.1. The molecule has 0 aliphatic rings. The Hall–Kier alpha value is -1.12. The van der Waals surface area contributed by atoms with E-state index in [1.165, 1.54) is 11.3 Å². The Bertz CT molecular complexity index is 364. The number of hydrogen-bond donors (Lipinski definition) is 0. The second kappa shape index (κ2) is 4.60. The Balaban J connectivity index is 2.69. The van der Waals surface area contributed by atoms with Gasteiger partial charge in [0.15, 0.2) is 0 Å². The SMILES string of the molecule is Cc1nn(C)c(C)c1CCC(=O)C(C)C. The van der Waals surface area contributed by atoms with Crippen LogP contribution >= 0.6 is 0 Å². The zero-order valence-corrected chi connectivity index (χ0v) is 10.3. The third-order valence-corrected chi connectivity index (χ3v) is 2.92. The van der Waals surface area contributed by atoms with Gasteiger partial charge in [-0.05, 0) is 25.8 Å². The van der Waals surface area contributed by atoms with E-state index in [1.807, 2.05) is 32.5 Å². The van der Waals surface area contributed by atoms with Crippen LogP contribution in [0, 0.1) is 19.8 Å². The molecule has 0 saturated heterocycles. The second-order valence-electron chi connectivity index (χ2n) is 4.39. The van der Waals surface area contributed by atoms with Crippen LogP contribution in [0.15, 0.2) is 0 Å². The van der Waals surface area contributed by atoms with Crippen LogP contribution in [0.5, 0.6) is 0 Å². The normalized spacial score (nSPS) is 11.1. The van der Waals surface area contributed by atoms with Gasteiger partial charge in [-0.3, -0.25) is 9.48 Å². The van der Waals surface area contributed by atoms with E-state index in [0.717, 1.165) is 12.1 Å². The van der Waals surface area contributed by atoms with Crippen LogP contribution in [0.1, 0.15) is 37.2 Å². The zero-order chi connectivity index (χ0) is 11.6. The van der Waals surface area contributed by atoms with Gasteiger partial charge in [-0.15, -0.1) is 0 Å². The van der Waals surface area contributed by atoms with Gasteiger partial charge in [-0.1, -0.05) is 13.8 Å². The summed E-state index contributed by atoms with van der Waals surface area (Å²) in [6.45, 7) is 7.95. The molecule has 3 heteroatoms. The van der Waals surface area contributed by atoms with Crippen molar-refractivity contribution < 1.29 is 4.79 Å². The van der Waals surface area contributed by atoms with E-state index in [2.05, 4.69) is 12.0 Å². The predicted octanol–water partition coefficient (Wildman–Crippen LogP) is 2.19. The molecule has 0 radical (unpaired) electrons. The van der Waals surface area contributed by atoms with Crippen LogP contribution in [-0.4, -0.2) is 15.6 Å². The van der Waals surface area contributed by atoms with Crippen molar-refractivity contribution in [1.29, 1.82) is 0 Å². The van der Waals surface area contributed by atoms with Crippen LogP contribution in [0.25, 0.3) is 0 Å². The molecule has 0 atom stereocenters. The van der Waals surface area contributed by atoms with Crippen LogP contribution in [0.3, 0.4) is 0 Å². The molecule has 0 bridgehead atoms. The van der Waals surface area contributed by atoms with Gasteiger partial charge in [0, 0.05) is 25.1 Å². The van der Waals surface area contributed by atoms with Crippen LogP contribution in [0.2, 0.25) is 0 Å². The van der Waals surface area contributed by atoms with Gasteiger partial charge < -0.3 is 0 Å². The molecule has 1 aromatic rings. The molecule has 0 spiro atoms. The molecule has 0 aliphatic heterocycles. The van der Waals surface area contributed by atoms with Crippen molar-refractivity contribution in [2.45, 2.75) is 40.5 Å². The molecule has 0 amide bonds. The summed E-state index contributed by atoms with van der Waals surface area (Å²) >= 11 is 0. The van der Waals surface area contributed by atoms with E-state index >= 15 is 0 Å². The average molecular weight is 208 g/mol. The largest absolute Gasteiger partial charge is 0.299 e. The number of aryl methyl sites for hydroxylation is 2. The highest BCUT2D eigenvalue weighted by Crippen LogP contribution is 2.15. The summed E-state index contributed by atoms with van der Waals surface area (Å²) in [5.41, 5.74) is 3.45. The first-order valence-corrected chi connectivity index (χ1v) is 5.45. The first-order chi connectivity index (χ1) is 6.93. The van der Waals surface area contributed by atoms with E-state index < -0.39 is 0 Å². The third-order valence-electron chi connectivity index (χ3n) is 2.92. The highest BCUT2D eigenvalue weighted by Gasteiger charge is 2.12. The van der Waals surface area contributed by atoms with Gasteiger partial charge in [0.1, 0.15) is 5.78 Å². The fourth-order valence-electron chi connectivity index (χ4n) is 1.72. The van der Waals surface area contributed by atoms with Crippen molar-refractivity contribution >= 4 is 5.78 Å². The first kappa shape index (κ1) is 12.0. The maximum absolute atomic E-state index is 11.5. The molecule has 3 nitrogen and oxygen atoms in total. The molecule has 1 aromatic heterocycles. The van der Waals surface area contributed by atoms with Crippen LogP contribution in [-0.2, 0) is 18.3 Å². The Kier molecular flexibility index (Phi) is 3.66. The Morgan fingerprint density at radius 1 is 1.40 bits per heavy atom. The van der Waals surface area contributed by atoms with Crippen molar-refractivity contribution in [2.75, 3.05) is 0 Å². The molecule has 0 N–H and O–H groups in total. The number of carbonyl (C=O) groups is 1. The lowest BCUT2D eigenvalue weighted by Crippen LogP contribution is -2.08. The van der Waals surface area contributed by atoms with Crippen LogP contribution < -0.4 is 0 Å². The number of nitrogens with zero attached hydrogens (tertiary/aromatic N) is 2. The van der Waals surface area contributed by atoms with Gasteiger partial charge in [-0.2, -0.15) is 5.10 Å². The topological polar surface area (TPSA) is 34.9 Å². The van der Waals surface area contributed by atoms with Crippen molar-refractivity contribution in [3.63, 3.8) is 0 Å². The van der Waals surface area contributed by atoms with Crippen molar-refractivity contribution in [3.05, 3.63) is 17.0 Å². The lowest BCUT2D eigenvalue weighted by Gasteiger charge is -2.04. The molecule has 84 valence electrons. The average Bonchev–Trinajstić information content (AvgIpc) is 2.38. The number of Topliss-reactive ketones (excluding diaryl/α,β-unsaturated/α-hetero) is 1. The van der Waals surface area contributed by atoms with E-state index in [-0.39, 0.29) is 5.92 Å². The first-order valence-electron chi connectivity index (χ1n) is 5.45. The molecular weight excluding hydrogens is 188 g/mol. The van der Waals surface area contributed by atoms with Crippen LogP contribution in [0.4, 0.5) is 0 Å². The molecule has 0 fully saturated rings. The monoisotopic (exact) mass is 208 g/mol. The number of hydrogen-bond acceptors (Lipinski definition) is 2. The molecule has 15 heavy (non-hydrogen) atoms. The van der Waals surface area contributed by atoms with Gasteiger partial charge >= 0.3 is 0 Å². The summed E-state index contributed by atoms with van der Waals surface area (Å²) in [7, 11) is 1.94. The summed E-state index contributed by atoms with van der Waals surface area (Å²) in [4.78, 5) is 11.5. The summed E-state index contributed by atoms with van der Waals surface area (Å²) < 4.78 is 1.88. The summed E-state index contributed by atoms with van der Waals surface area (Å²) in [5.74, 6) is 0.472. The summed E-state index contributed by atoms with van der Waals surface area (Å²) in [5, 5.41) is 4.34. The quantitative estimate of drug-likeness (QED) is 0.760. The minimum Gasteiger partial charge on any atom is -0.299 e. The van der Waals surface area contributed by atoms with Crippen molar-refractivity contribution in [3.8, 4) is 0 Å². The van der Waals surface area contributed by atoms with E-state index in [1.54, 1.807) is 0 Å². The minimum atomic E-state index is 0.141.